The van der Waals surface area contributed by atoms with Gasteiger partial charge in [0.1, 0.15) is 11.6 Å². The molecule has 0 aromatic rings. The zero-order valence-corrected chi connectivity index (χ0v) is 29.3. The van der Waals surface area contributed by atoms with Crippen LogP contribution in [0.4, 0.5) is 4.79 Å². The molecule has 17 nitrogen and oxygen atoms in total. The lowest BCUT2D eigenvalue weighted by molar-refractivity contribution is -0.130. The van der Waals surface area contributed by atoms with Crippen molar-refractivity contribution in [2.75, 3.05) is 112 Å². The Labute approximate surface area is 285 Å². The average Bonchev–Trinajstić information content (AvgIpc) is 3.03. The Bertz CT molecular complexity index is 833. The zero-order valence-electron chi connectivity index (χ0n) is 29.3. The van der Waals surface area contributed by atoms with Crippen molar-refractivity contribution in [1.29, 1.82) is 0 Å². The summed E-state index contributed by atoms with van der Waals surface area (Å²) in [4.78, 5) is 49.6. The van der Waals surface area contributed by atoms with Crippen molar-refractivity contribution in [3.63, 3.8) is 0 Å². The number of nitrogens with two attached hydrogens (primary N) is 2. The summed E-state index contributed by atoms with van der Waals surface area (Å²) in [6, 6.07) is -0.818. The molecule has 1 atom stereocenters. The van der Waals surface area contributed by atoms with Crippen molar-refractivity contribution in [3.8, 4) is 0 Å². The van der Waals surface area contributed by atoms with Crippen LogP contribution in [-0.2, 0) is 47.5 Å². The minimum Gasteiger partial charge on any atom is -0.444 e. The van der Waals surface area contributed by atoms with E-state index >= 15 is 0 Å². The number of alkyl carbamates (subject to hydrolysis) is 1. The molecule has 0 aliphatic carbocycles. The Hall–Kier alpha value is -2.64. The van der Waals surface area contributed by atoms with E-state index in [0.717, 1.165) is 0 Å². The first-order chi connectivity index (χ1) is 23.1. The fourth-order valence-electron chi connectivity index (χ4n) is 3.71. The molecule has 0 heterocycles. The lowest BCUT2D eigenvalue weighted by atomic mass is 10.1. The summed E-state index contributed by atoms with van der Waals surface area (Å²) in [5, 5.41) is 10.9. The highest BCUT2D eigenvalue weighted by Gasteiger charge is 2.21. The number of amides is 4. The Morgan fingerprint density at radius 2 is 1.02 bits per heavy atom. The van der Waals surface area contributed by atoms with Crippen LogP contribution in [0.25, 0.3) is 0 Å². The molecule has 48 heavy (non-hydrogen) atoms. The molecule has 0 rings (SSSR count). The second kappa shape index (κ2) is 31.6. The van der Waals surface area contributed by atoms with Crippen LogP contribution >= 0.6 is 0 Å². The van der Waals surface area contributed by atoms with Crippen LogP contribution < -0.4 is 32.7 Å². The van der Waals surface area contributed by atoms with Crippen molar-refractivity contribution < 1.29 is 52.3 Å². The maximum Gasteiger partial charge on any atom is 0.407 e. The third kappa shape index (κ3) is 31.9. The van der Waals surface area contributed by atoms with Crippen LogP contribution in [0.5, 0.6) is 0 Å². The molecule has 0 aliphatic rings. The Morgan fingerprint density at radius 1 is 0.562 bits per heavy atom. The summed E-state index contributed by atoms with van der Waals surface area (Å²) in [6.45, 7) is 12.0. The van der Waals surface area contributed by atoms with Crippen LogP contribution in [-0.4, -0.2) is 147 Å². The van der Waals surface area contributed by atoms with E-state index in [-0.39, 0.29) is 37.8 Å². The lowest BCUT2D eigenvalue weighted by Crippen LogP contribution is -2.47. The van der Waals surface area contributed by atoms with E-state index in [1.165, 1.54) is 0 Å². The van der Waals surface area contributed by atoms with Crippen molar-refractivity contribution in [2.24, 2.45) is 11.5 Å². The first-order valence-electron chi connectivity index (χ1n) is 16.8. The molecule has 0 spiro atoms. The van der Waals surface area contributed by atoms with Gasteiger partial charge < -0.3 is 65.9 Å². The molecular weight excluding hydrogens is 632 g/mol. The lowest BCUT2D eigenvalue weighted by Gasteiger charge is -2.20. The summed E-state index contributed by atoms with van der Waals surface area (Å²) >= 11 is 0. The summed E-state index contributed by atoms with van der Waals surface area (Å²) < 4.78 is 37.3. The van der Waals surface area contributed by atoms with Gasteiger partial charge in [-0.25, -0.2) is 4.79 Å². The molecule has 0 aromatic carbocycles. The predicted octanol–water partition coefficient (Wildman–Crippen LogP) is -0.804. The summed E-state index contributed by atoms with van der Waals surface area (Å²) in [5.74, 6) is -1.10. The summed E-state index contributed by atoms with van der Waals surface area (Å²) in [7, 11) is 0. The van der Waals surface area contributed by atoms with E-state index in [1.807, 2.05) is 0 Å². The monoisotopic (exact) mass is 694 g/mol. The Morgan fingerprint density at radius 3 is 1.52 bits per heavy atom. The van der Waals surface area contributed by atoms with Crippen molar-refractivity contribution >= 4 is 23.8 Å². The first kappa shape index (κ1) is 45.4. The zero-order chi connectivity index (χ0) is 35.7. The van der Waals surface area contributed by atoms with Gasteiger partial charge in [0.25, 0.3) is 0 Å². The normalized spacial score (nSPS) is 11.9. The second-order valence-corrected chi connectivity index (χ2v) is 11.4. The van der Waals surface area contributed by atoms with Gasteiger partial charge in [-0.2, -0.15) is 0 Å². The van der Waals surface area contributed by atoms with Crippen molar-refractivity contribution in [3.05, 3.63) is 0 Å². The summed E-state index contributed by atoms with van der Waals surface area (Å²) in [6.07, 6.45) is 0.805. The molecule has 0 aliphatic heterocycles. The minimum absolute atomic E-state index is 0.0407. The molecule has 17 heteroatoms. The number of rotatable bonds is 32. The number of nitrogens with one attached hydrogen (secondary N) is 4. The van der Waals surface area contributed by atoms with E-state index in [9.17, 15) is 19.2 Å². The van der Waals surface area contributed by atoms with E-state index in [0.29, 0.717) is 118 Å². The third-order valence-electron chi connectivity index (χ3n) is 5.95. The third-order valence-corrected chi connectivity index (χ3v) is 5.95. The molecule has 0 saturated heterocycles. The molecule has 0 bridgehead atoms. The predicted molar refractivity (Wildman–Crippen MR) is 178 cm³/mol. The van der Waals surface area contributed by atoms with Gasteiger partial charge >= 0.3 is 6.09 Å². The maximum atomic E-state index is 12.9. The molecule has 8 N–H and O–H groups in total. The fourth-order valence-corrected chi connectivity index (χ4v) is 3.71. The van der Waals surface area contributed by atoms with Gasteiger partial charge in [0, 0.05) is 45.6 Å². The van der Waals surface area contributed by atoms with Crippen molar-refractivity contribution in [1.82, 2.24) is 21.3 Å². The average molecular weight is 695 g/mol. The molecule has 0 radical (unpaired) electrons. The highest BCUT2D eigenvalue weighted by molar-refractivity contribution is 5.89. The number of carbonyl (C=O) groups excluding carboxylic acids is 4. The number of unbranched alkanes of at least 4 members (excludes halogenated alkanes) is 1. The minimum atomic E-state index is -0.818. The molecule has 282 valence electrons. The molecule has 4 amide bonds. The van der Waals surface area contributed by atoms with Gasteiger partial charge in [-0.15, -0.1) is 0 Å². The van der Waals surface area contributed by atoms with Gasteiger partial charge in [0.05, 0.1) is 79.3 Å². The molecule has 0 aromatic heterocycles. The molecule has 0 fully saturated rings. The second-order valence-electron chi connectivity index (χ2n) is 11.4. The van der Waals surface area contributed by atoms with E-state index < -0.39 is 23.6 Å². The van der Waals surface area contributed by atoms with Gasteiger partial charge in [0.15, 0.2) is 0 Å². The Balaban J connectivity index is 4.41. The quantitative estimate of drug-likeness (QED) is 0.0474. The number of hydrogen-bond acceptors (Lipinski definition) is 13. The van der Waals surface area contributed by atoms with Crippen LogP contribution in [0, 0.1) is 0 Å². The molecule has 0 unspecified atom stereocenters. The van der Waals surface area contributed by atoms with Crippen LogP contribution in [0.1, 0.15) is 52.9 Å². The highest BCUT2D eigenvalue weighted by Crippen LogP contribution is 2.07. The summed E-state index contributed by atoms with van der Waals surface area (Å²) in [5.41, 5.74) is 10.1. The van der Waals surface area contributed by atoms with Crippen LogP contribution in [0.3, 0.4) is 0 Å². The van der Waals surface area contributed by atoms with Crippen LogP contribution in [0.15, 0.2) is 0 Å². The van der Waals surface area contributed by atoms with Crippen LogP contribution in [0.2, 0.25) is 0 Å². The smallest absolute Gasteiger partial charge is 0.407 e. The van der Waals surface area contributed by atoms with Gasteiger partial charge in [0.2, 0.25) is 17.7 Å². The SMILES string of the molecule is CC(C)(C)OC(=O)NCCCC[C@H](NC(=O)CCC(=O)NCCOCCOCCOCCN)C(=O)NCCOCCOCCOCCN. The number of carbonyl (C=O) groups is 4. The fraction of sp³-hybridized carbons (Fsp3) is 0.871. The largest absolute Gasteiger partial charge is 0.444 e. The standard InChI is InChI=1S/C31H62N6O11/c1-31(2,3)48-30(41)36-11-5-4-6-26(29(40)35-13-17-45-21-25-47-23-19-43-15-10-33)37-28(39)8-7-27(38)34-12-16-44-20-24-46-22-18-42-14-9-32/h26H,4-25,32-33H2,1-3H3,(H,34,38)(H,35,40)(H,36,41)(H,37,39)/t26-/m0/s1. The van der Waals surface area contributed by atoms with Gasteiger partial charge in [-0.05, 0) is 40.0 Å². The number of hydrogen-bond donors (Lipinski definition) is 6. The highest BCUT2D eigenvalue weighted by atomic mass is 16.6. The van der Waals surface area contributed by atoms with E-state index in [1.54, 1.807) is 20.8 Å². The Kier molecular flexibility index (Phi) is 29.9. The van der Waals surface area contributed by atoms with Gasteiger partial charge in [-0.1, -0.05) is 0 Å². The van der Waals surface area contributed by atoms with E-state index in [4.69, 9.17) is 44.6 Å². The van der Waals surface area contributed by atoms with Crippen molar-refractivity contribution in [2.45, 2.75) is 64.5 Å². The first-order valence-corrected chi connectivity index (χ1v) is 16.8. The maximum absolute atomic E-state index is 12.9. The topological polar surface area (TPSA) is 233 Å². The molecule has 0 saturated carbocycles. The number of ether oxygens (including phenoxy) is 7. The molecular formula is C31H62N6O11. The van der Waals surface area contributed by atoms with E-state index in [2.05, 4.69) is 21.3 Å². The van der Waals surface area contributed by atoms with Gasteiger partial charge in [-0.3, -0.25) is 14.4 Å².